The van der Waals surface area contributed by atoms with Gasteiger partial charge in [0.25, 0.3) is 0 Å². The van der Waals surface area contributed by atoms with E-state index in [1.165, 1.54) is 31.2 Å². The van der Waals surface area contributed by atoms with Crippen molar-refractivity contribution in [2.24, 2.45) is 0 Å². The maximum Gasteiger partial charge on any atom is 0.129 e. The van der Waals surface area contributed by atoms with Gasteiger partial charge in [-0.05, 0) is 38.3 Å². The lowest BCUT2D eigenvalue weighted by atomic mass is 9.98. The molecule has 16 heavy (non-hydrogen) atoms. The highest BCUT2D eigenvalue weighted by Gasteiger charge is 2.29. The molecule has 0 aromatic carbocycles. The van der Waals surface area contributed by atoms with E-state index in [0.29, 0.717) is 16.7 Å². The fraction of sp³-hybridized carbons (Fsp3) is 0.615. The molecule has 1 N–H and O–H groups in total. The summed E-state index contributed by atoms with van der Waals surface area (Å²) in [6, 6.07) is 4.24. The Hall–Kier alpha value is -0.600. The minimum atomic E-state index is 0.305. The van der Waals surface area contributed by atoms with Crippen molar-refractivity contribution in [3.63, 3.8) is 0 Å². The second kappa shape index (κ2) is 4.72. The summed E-state index contributed by atoms with van der Waals surface area (Å²) in [5.41, 5.74) is 1.51. The second-order valence-corrected chi connectivity index (χ2v) is 5.44. The molecule has 0 amide bonds. The van der Waals surface area contributed by atoms with Gasteiger partial charge in [-0.2, -0.15) is 0 Å². The number of hydrogen-bond acceptors (Lipinski definition) is 2. The Morgan fingerprint density at radius 1 is 1.38 bits per heavy atom. The van der Waals surface area contributed by atoms with E-state index in [2.05, 4.69) is 24.1 Å². The highest BCUT2D eigenvalue weighted by Crippen LogP contribution is 2.31. The van der Waals surface area contributed by atoms with Crippen LogP contribution < -0.4 is 5.32 Å². The van der Waals surface area contributed by atoms with Gasteiger partial charge in [0.2, 0.25) is 0 Å². The van der Waals surface area contributed by atoms with Gasteiger partial charge in [0.1, 0.15) is 5.15 Å². The van der Waals surface area contributed by atoms with Gasteiger partial charge in [-0.25, -0.2) is 4.98 Å². The van der Waals surface area contributed by atoms with Crippen LogP contribution in [-0.4, -0.2) is 10.5 Å². The molecule has 0 saturated heterocycles. The number of rotatable bonds is 3. The van der Waals surface area contributed by atoms with E-state index in [-0.39, 0.29) is 0 Å². The smallest absolute Gasteiger partial charge is 0.129 e. The van der Waals surface area contributed by atoms with Gasteiger partial charge in [-0.1, -0.05) is 30.5 Å². The number of nitrogens with one attached hydrogen (secondary N) is 1. The van der Waals surface area contributed by atoms with Crippen LogP contribution in [-0.2, 0) is 0 Å². The van der Waals surface area contributed by atoms with Crippen LogP contribution in [0.4, 0.5) is 0 Å². The van der Waals surface area contributed by atoms with E-state index in [0.717, 1.165) is 0 Å². The van der Waals surface area contributed by atoms with Crippen LogP contribution in [0.5, 0.6) is 0 Å². The molecule has 1 aromatic rings. The third kappa shape index (κ3) is 2.74. The minimum Gasteiger partial charge on any atom is -0.305 e. The molecule has 1 aliphatic carbocycles. The summed E-state index contributed by atoms with van der Waals surface area (Å²) in [6.45, 7) is 4.51. The maximum absolute atomic E-state index is 5.78. The van der Waals surface area contributed by atoms with Crippen LogP contribution >= 0.6 is 11.6 Å². The predicted octanol–water partition coefficient (Wildman–Crippen LogP) is 3.72. The molecule has 0 spiro atoms. The summed E-state index contributed by atoms with van der Waals surface area (Å²) >= 11 is 5.78. The van der Waals surface area contributed by atoms with Crippen LogP contribution in [0.15, 0.2) is 18.3 Å². The molecule has 1 unspecified atom stereocenters. The highest BCUT2D eigenvalue weighted by molar-refractivity contribution is 6.29. The molecule has 2 rings (SSSR count). The van der Waals surface area contributed by atoms with Crippen LogP contribution in [0.1, 0.15) is 51.1 Å². The molecular weight excluding hydrogens is 220 g/mol. The summed E-state index contributed by atoms with van der Waals surface area (Å²) in [5.74, 6) is 0. The molecule has 2 nitrogen and oxygen atoms in total. The van der Waals surface area contributed by atoms with E-state index >= 15 is 0 Å². The van der Waals surface area contributed by atoms with Crippen molar-refractivity contribution in [1.29, 1.82) is 0 Å². The first kappa shape index (κ1) is 11.9. The molecule has 1 atom stereocenters. The van der Waals surface area contributed by atoms with Crippen molar-refractivity contribution in [3.05, 3.63) is 29.0 Å². The van der Waals surface area contributed by atoms with E-state index in [9.17, 15) is 0 Å². The van der Waals surface area contributed by atoms with Gasteiger partial charge in [0.05, 0.1) is 0 Å². The van der Waals surface area contributed by atoms with Crippen molar-refractivity contribution in [2.75, 3.05) is 0 Å². The topological polar surface area (TPSA) is 24.9 Å². The number of halogens is 1. The fourth-order valence-corrected chi connectivity index (χ4v) is 2.66. The summed E-state index contributed by atoms with van der Waals surface area (Å²) in [7, 11) is 0. The van der Waals surface area contributed by atoms with Crippen LogP contribution in [0.25, 0.3) is 0 Å². The van der Waals surface area contributed by atoms with E-state index < -0.39 is 0 Å². The lowest BCUT2D eigenvalue weighted by Crippen LogP contribution is -2.41. The molecule has 1 aromatic heterocycles. The zero-order chi connectivity index (χ0) is 11.6. The molecule has 0 radical (unpaired) electrons. The Morgan fingerprint density at radius 2 is 2.06 bits per heavy atom. The third-order valence-corrected chi connectivity index (χ3v) is 3.75. The number of aromatic nitrogens is 1. The van der Waals surface area contributed by atoms with Gasteiger partial charge >= 0.3 is 0 Å². The zero-order valence-corrected chi connectivity index (χ0v) is 10.7. The Labute approximate surface area is 102 Å². The van der Waals surface area contributed by atoms with Gasteiger partial charge in [0.15, 0.2) is 0 Å². The Balaban J connectivity index is 2.02. The predicted molar refractivity (Wildman–Crippen MR) is 67.7 cm³/mol. The molecule has 88 valence electrons. The summed E-state index contributed by atoms with van der Waals surface area (Å²) in [5, 5.41) is 4.27. The maximum atomic E-state index is 5.78. The summed E-state index contributed by atoms with van der Waals surface area (Å²) < 4.78 is 0. The molecule has 1 aliphatic rings. The normalized spacial score (nSPS) is 20.9. The van der Waals surface area contributed by atoms with Crippen LogP contribution in [0.3, 0.4) is 0 Å². The van der Waals surface area contributed by atoms with Crippen molar-refractivity contribution in [2.45, 2.75) is 51.1 Å². The molecule has 1 heterocycles. The van der Waals surface area contributed by atoms with Gasteiger partial charge < -0.3 is 5.32 Å². The molecule has 0 aliphatic heterocycles. The van der Waals surface area contributed by atoms with Gasteiger partial charge in [-0.15, -0.1) is 0 Å². The molecule has 0 bridgehead atoms. The Morgan fingerprint density at radius 3 is 2.62 bits per heavy atom. The average molecular weight is 239 g/mol. The second-order valence-electron chi connectivity index (χ2n) is 5.05. The third-order valence-electron chi connectivity index (χ3n) is 3.52. The van der Waals surface area contributed by atoms with Crippen molar-refractivity contribution in [3.8, 4) is 0 Å². The Kier molecular flexibility index (Phi) is 3.50. The lowest BCUT2D eigenvalue weighted by Gasteiger charge is -2.29. The van der Waals surface area contributed by atoms with Crippen molar-refractivity contribution >= 4 is 11.6 Å². The van der Waals surface area contributed by atoms with Crippen LogP contribution in [0, 0.1) is 0 Å². The number of nitrogens with zero attached hydrogens (tertiary/aromatic N) is 1. The fourth-order valence-electron chi connectivity index (χ4n) is 2.55. The molecule has 1 fully saturated rings. The Bertz CT molecular complexity index is 341. The number of pyridine rings is 1. The summed E-state index contributed by atoms with van der Waals surface area (Å²) in [6.07, 6.45) is 7.10. The first-order chi connectivity index (χ1) is 7.59. The first-order valence-corrected chi connectivity index (χ1v) is 6.36. The molecule has 3 heteroatoms. The monoisotopic (exact) mass is 238 g/mol. The van der Waals surface area contributed by atoms with E-state index in [4.69, 9.17) is 11.6 Å². The first-order valence-electron chi connectivity index (χ1n) is 5.98. The van der Waals surface area contributed by atoms with Crippen LogP contribution in [0.2, 0.25) is 5.15 Å². The number of hydrogen-bond donors (Lipinski definition) is 1. The zero-order valence-electron chi connectivity index (χ0n) is 9.96. The van der Waals surface area contributed by atoms with Crippen molar-refractivity contribution < 1.29 is 0 Å². The minimum absolute atomic E-state index is 0.305. The lowest BCUT2D eigenvalue weighted by molar-refractivity contribution is 0.327. The largest absolute Gasteiger partial charge is 0.305 e. The highest BCUT2D eigenvalue weighted by atomic mass is 35.5. The van der Waals surface area contributed by atoms with Crippen molar-refractivity contribution in [1.82, 2.24) is 10.3 Å². The quantitative estimate of drug-likeness (QED) is 0.812. The average Bonchev–Trinajstić information content (AvgIpc) is 2.65. The van der Waals surface area contributed by atoms with Gasteiger partial charge in [-0.3, -0.25) is 0 Å². The molecule has 1 saturated carbocycles. The SMILES string of the molecule is CC(NC1(C)CCCC1)c1ccc(Cl)nc1. The molecular formula is C13H19ClN2. The van der Waals surface area contributed by atoms with E-state index in [1.807, 2.05) is 18.3 Å². The van der Waals surface area contributed by atoms with E-state index in [1.54, 1.807) is 0 Å². The summed E-state index contributed by atoms with van der Waals surface area (Å²) in [4.78, 5) is 4.12. The van der Waals surface area contributed by atoms with Gasteiger partial charge in [0, 0.05) is 17.8 Å². The standard InChI is InChI=1S/C13H19ClN2/c1-10(11-5-6-12(14)15-9-11)16-13(2)7-3-4-8-13/h5-6,9-10,16H,3-4,7-8H2,1-2H3.